The number of carboxylic acids is 2. The minimum Gasteiger partial charge on any atom is -0.476 e. The molecule has 0 fully saturated rings. The van der Waals surface area contributed by atoms with E-state index in [4.69, 9.17) is 14.6 Å². The number of aromatic nitrogens is 1. The summed E-state index contributed by atoms with van der Waals surface area (Å²) in [7, 11) is 0. The van der Waals surface area contributed by atoms with E-state index in [2.05, 4.69) is 4.98 Å². The highest BCUT2D eigenvalue weighted by Gasteiger charge is 2.25. The van der Waals surface area contributed by atoms with Crippen molar-refractivity contribution in [3.8, 4) is 11.5 Å². The third-order valence-electron chi connectivity index (χ3n) is 2.10. The Labute approximate surface area is 99.3 Å². The van der Waals surface area contributed by atoms with Crippen LogP contribution in [-0.4, -0.2) is 27.1 Å². The maximum Gasteiger partial charge on any atom is 0.374 e. The van der Waals surface area contributed by atoms with E-state index in [1.165, 1.54) is 18.2 Å². The summed E-state index contributed by atoms with van der Waals surface area (Å²) in [6.07, 6.45) is 0. The molecule has 0 spiro atoms. The highest BCUT2D eigenvalue weighted by molar-refractivity contribution is 5.98. The van der Waals surface area contributed by atoms with Crippen LogP contribution in [0.4, 0.5) is 4.39 Å². The molecule has 0 saturated carbocycles. The third-order valence-corrected chi connectivity index (χ3v) is 2.10. The van der Waals surface area contributed by atoms with E-state index in [9.17, 15) is 14.0 Å². The Morgan fingerprint density at radius 1 is 1.22 bits per heavy atom. The van der Waals surface area contributed by atoms with Crippen LogP contribution < -0.4 is 0 Å². The van der Waals surface area contributed by atoms with Crippen molar-refractivity contribution in [3.05, 3.63) is 41.5 Å². The van der Waals surface area contributed by atoms with Crippen LogP contribution >= 0.6 is 0 Å². The molecule has 0 aliphatic carbocycles. The van der Waals surface area contributed by atoms with E-state index in [0.29, 0.717) is 0 Å². The molecular formula is C11H6FNO5. The molecule has 0 saturated heterocycles. The van der Waals surface area contributed by atoms with E-state index in [-0.39, 0.29) is 11.5 Å². The monoisotopic (exact) mass is 251 g/mol. The van der Waals surface area contributed by atoms with Gasteiger partial charge in [0.15, 0.2) is 0 Å². The van der Waals surface area contributed by atoms with Crippen molar-refractivity contribution in [2.75, 3.05) is 0 Å². The zero-order valence-corrected chi connectivity index (χ0v) is 8.75. The fourth-order valence-corrected chi connectivity index (χ4v) is 1.36. The first-order valence-corrected chi connectivity index (χ1v) is 4.72. The Morgan fingerprint density at radius 3 is 2.44 bits per heavy atom. The maximum absolute atomic E-state index is 13.0. The summed E-state index contributed by atoms with van der Waals surface area (Å²) in [6.45, 7) is 0. The first kappa shape index (κ1) is 11.8. The topological polar surface area (TPSA) is 101 Å². The normalized spacial score (nSPS) is 10.3. The van der Waals surface area contributed by atoms with Gasteiger partial charge < -0.3 is 14.6 Å². The highest BCUT2D eigenvalue weighted by atomic mass is 19.1. The second kappa shape index (κ2) is 4.28. The second-order valence-corrected chi connectivity index (χ2v) is 3.32. The van der Waals surface area contributed by atoms with E-state index >= 15 is 0 Å². The van der Waals surface area contributed by atoms with Crippen molar-refractivity contribution in [2.45, 2.75) is 0 Å². The van der Waals surface area contributed by atoms with Crippen molar-refractivity contribution in [1.82, 2.24) is 4.98 Å². The van der Waals surface area contributed by atoms with Crippen LogP contribution in [0.2, 0.25) is 0 Å². The van der Waals surface area contributed by atoms with E-state index in [0.717, 1.165) is 6.07 Å². The molecule has 0 bridgehead atoms. The predicted octanol–water partition coefficient (Wildman–Crippen LogP) is 1.88. The molecule has 0 unspecified atom stereocenters. The van der Waals surface area contributed by atoms with Gasteiger partial charge in [-0.2, -0.15) is 0 Å². The number of nitrogens with zero attached hydrogens (tertiary/aromatic N) is 1. The lowest BCUT2D eigenvalue weighted by atomic mass is 10.2. The van der Waals surface area contributed by atoms with Gasteiger partial charge in [-0.1, -0.05) is 6.07 Å². The van der Waals surface area contributed by atoms with Crippen LogP contribution in [0.1, 0.15) is 21.0 Å². The van der Waals surface area contributed by atoms with Crippen molar-refractivity contribution in [1.29, 1.82) is 0 Å². The standard InChI is InChI=1S/C11H6FNO5/c12-6-3-1-2-5(4-6)9-13-7(10(14)15)8(18-9)11(16)17/h1-4H,(H,14,15)(H,16,17). The number of carboxylic acid groups (broad SMARTS) is 2. The van der Waals surface area contributed by atoms with Crippen LogP contribution in [0.25, 0.3) is 11.5 Å². The number of oxazole rings is 1. The fourth-order valence-electron chi connectivity index (χ4n) is 1.36. The summed E-state index contributed by atoms with van der Waals surface area (Å²) in [4.78, 5) is 25.1. The van der Waals surface area contributed by atoms with Gasteiger partial charge in [0.25, 0.3) is 0 Å². The zero-order valence-electron chi connectivity index (χ0n) is 8.75. The first-order chi connectivity index (χ1) is 8.49. The molecule has 2 aromatic rings. The molecule has 2 rings (SSSR count). The molecule has 0 aliphatic heterocycles. The van der Waals surface area contributed by atoms with Crippen molar-refractivity contribution in [2.24, 2.45) is 0 Å². The first-order valence-electron chi connectivity index (χ1n) is 4.72. The number of benzene rings is 1. The minimum absolute atomic E-state index is 0.157. The second-order valence-electron chi connectivity index (χ2n) is 3.32. The molecule has 1 aromatic heterocycles. The van der Waals surface area contributed by atoms with Gasteiger partial charge in [0.1, 0.15) is 5.82 Å². The number of hydrogen-bond acceptors (Lipinski definition) is 4. The summed E-state index contributed by atoms with van der Waals surface area (Å²) in [5.74, 6) is -4.70. The molecule has 1 aromatic carbocycles. The average molecular weight is 251 g/mol. The minimum atomic E-state index is -1.55. The molecule has 0 aliphatic rings. The largest absolute Gasteiger partial charge is 0.476 e. The summed E-state index contributed by atoms with van der Waals surface area (Å²) in [5, 5.41) is 17.5. The summed E-state index contributed by atoms with van der Waals surface area (Å²) in [6, 6.07) is 5.04. The summed E-state index contributed by atoms with van der Waals surface area (Å²) in [5.41, 5.74) is -0.563. The van der Waals surface area contributed by atoms with Crippen molar-refractivity contribution in [3.63, 3.8) is 0 Å². The number of carbonyl (C=O) groups is 2. The Kier molecular flexibility index (Phi) is 2.80. The average Bonchev–Trinajstić information content (AvgIpc) is 2.73. The number of rotatable bonds is 3. The van der Waals surface area contributed by atoms with Crippen LogP contribution in [0.15, 0.2) is 28.7 Å². The van der Waals surface area contributed by atoms with Gasteiger partial charge >= 0.3 is 11.9 Å². The Hall–Kier alpha value is -2.70. The van der Waals surface area contributed by atoms with Crippen LogP contribution in [0.3, 0.4) is 0 Å². The van der Waals surface area contributed by atoms with Crippen LogP contribution in [0.5, 0.6) is 0 Å². The zero-order chi connectivity index (χ0) is 13.3. The molecule has 6 nitrogen and oxygen atoms in total. The highest BCUT2D eigenvalue weighted by Crippen LogP contribution is 2.22. The molecular weight excluding hydrogens is 245 g/mol. The molecule has 2 N–H and O–H groups in total. The van der Waals surface area contributed by atoms with Crippen LogP contribution in [-0.2, 0) is 0 Å². The lowest BCUT2D eigenvalue weighted by Gasteiger charge is -1.94. The van der Waals surface area contributed by atoms with Gasteiger partial charge in [-0.25, -0.2) is 19.0 Å². The number of hydrogen-bond donors (Lipinski definition) is 2. The summed E-state index contributed by atoms with van der Waals surface area (Å²) >= 11 is 0. The Balaban J connectivity index is 2.57. The van der Waals surface area contributed by atoms with Crippen molar-refractivity contribution >= 4 is 11.9 Å². The third kappa shape index (κ3) is 2.05. The van der Waals surface area contributed by atoms with Crippen LogP contribution in [0, 0.1) is 5.82 Å². The Morgan fingerprint density at radius 2 is 1.94 bits per heavy atom. The van der Waals surface area contributed by atoms with Gasteiger partial charge in [0.05, 0.1) is 0 Å². The predicted molar refractivity (Wildman–Crippen MR) is 55.8 cm³/mol. The molecule has 1 heterocycles. The number of aromatic carboxylic acids is 2. The van der Waals surface area contributed by atoms with E-state index in [1.807, 2.05) is 0 Å². The van der Waals surface area contributed by atoms with E-state index in [1.54, 1.807) is 0 Å². The maximum atomic E-state index is 13.0. The number of halogens is 1. The lowest BCUT2D eigenvalue weighted by Crippen LogP contribution is -2.05. The van der Waals surface area contributed by atoms with E-state index < -0.39 is 29.2 Å². The van der Waals surface area contributed by atoms with Gasteiger partial charge in [-0.15, -0.1) is 0 Å². The smallest absolute Gasteiger partial charge is 0.374 e. The summed E-state index contributed by atoms with van der Waals surface area (Å²) < 4.78 is 17.8. The quantitative estimate of drug-likeness (QED) is 0.863. The van der Waals surface area contributed by atoms with Gasteiger partial charge in [0.2, 0.25) is 17.3 Å². The molecule has 7 heteroatoms. The Bertz CT molecular complexity index is 603. The fraction of sp³-hybridized carbons (Fsp3) is 0. The van der Waals surface area contributed by atoms with Gasteiger partial charge in [-0.05, 0) is 18.2 Å². The molecule has 0 amide bonds. The molecule has 18 heavy (non-hydrogen) atoms. The lowest BCUT2D eigenvalue weighted by molar-refractivity contribution is 0.0624. The SMILES string of the molecule is O=C(O)c1nc(-c2cccc(F)c2)oc1C(=O)O. The van der Waals surface area contributed by atoms with Crippen molar-refractivity contribution < 1.29 is 28.6 Å². The van der Waals surface area contributed by atoms with Gasteiger partial charge in [0, 0.05) is 5.56 Å². The molecule has 0 atom stereocenters. The molecule has 0 radical (unpaired) electrons. The molecule has 92 valence electrons. The van der Waals surface area contributed by atoms with Gasteiger partial charge in [-0.3, -0.25) is 0 Å².